The largest absolute Gasteiger partial charge is 0.459 e. The summed E-state index contributed by atoms with van der Waals surface area (Å²) in [5, 5.41) is 2.69. The minimum absolute atomic E-state index is 0.171. The second-order valence-corrected chi connectivity index (χ2v) is 8.99. The number of carbonyl (C=O) groups excluding carboxylic acids is 2. The van der Waals surface area contributed by atoms with Crippen LogP contribution in [-0.4, -0.2) is 29.3 Å². The molecule has 0 atom stereocenters. The quantitative estimate of drug-likeness (QED) is 0.794. The van der Waals surface area contributed by atoms with Crippen LogP contribution >= 0.6 is 0 Å². The summed E-state index contributed by atoms with van der Waals surface area (Å²) in [6.07, 6.45) is -0.260. The lowest BCUT2D eigenvalue weighted by atomic mass is 9.61. The van der Waals surface area contributed by atoms with Crippen LogP contribution in [0.2, 0.25) is 0 Å². The summed E-state index contributed by atoms with van der Waals surface area (Å²) in [5.41, 5.74) is -2.41. The lowest BCUT2D eigenvalue weighted by Crippen LogP contribution is -2.58. The number of benzene rings is 1. The van der Waals surface area contributed by atoms with Gasteiger partial charge in [0.25, 0.3) is 0 Å². The van der Waals surface area contributed by atoms with Gasteiger partial charge in [0.05, 0.1) is 5.41 Å². The summed E-state index contributed by atoms with van der Waals surface area (Å²) in [5.74, 6) is -2.10. The third-order valence-electron chi connectivity index (χ3n) is 4.12. The monoisotopic (exact) mass is 383 g/mol. The number of esters is 1. The van der Waals surface area contributed by atoms with Crippen LogP contribution < -0.4 is 5.32 Å². The predicted molar refractivity (Wildman–Crippen MR) is 96.3 cm³/mol. The molecule has 2 rings (SSSR count). The highest BCUT2D eigenvalue weighted by Gasteiger charge is 2.54. The van der Waals surface area contributed by atoms with Gasteiger partial charge < -0.3 is 14.8 Å². The fraction of sp³-hybridized carbons (Fsp3) is 0.600. The van der Waals surface area contributed by atoms with Crippen LogP contribution in [0.1, 0.15) is 59.9 Å². The Morgan fingerprint density at radius 1 is 0.963 bits per heavy atom. The second-order valence-electron chi connectivity index (χ2n) is 8.99. The number of carbonyl (C=O) groups is 2. The second kappa shape index (κ2) is 7.09. The topological polar surface area (TPSA) is 64.6 Å². The van der Waals surface area contributed by atoms with Crippen LogP contribution in [0.5, 0.6) is 0 Å². The zero-order chi connectivity index (χ0) is 20.6. The lowest BCUT2D eigenvalue weighted by Gasteiger charge is -2.47. The van der Waals surface area contributed by atoms with Crippen molar-refractivity contribution >= 4 is 12.1 Å². The van der Waals surface area contributed by atoms with Gasteiger partial charge in [-0.3, -0.25) is 4.79 Å². The molecule has 0 aliphatic heterocycles. The molecule has 0 bridgehead atoms. The highest BCUT2D eigenvalue weighted by atomic mass is 19.1. The molecule has 1 aliphatic carbocycles. The molecule has 1 amide bonds. The summed E-state index contributed by atoms with van der Waals surface area (Å²) >= 11 is 0. The predicted octanol–water partition coefficient (Wildman–Crippen LogP) is 4.23. The van der Waals surface area contributed by atoms with Crippen LogP contribution in [0.25, 0.3) is 0 Å². The number of hydrogen-bond acceptors (Lipinski definition) is 4. The molecule has 7 heteroatoms. The van der Waals surface area contributed by atoms with Crippen molar-refractivity contribution in [3.05, 3.63) is 35.4 Å². The van der Waals surface area contributed by atoms with Gasteiger partial charge in [-0.15, -0.1) is 0 Å². The Morgan fingerprint density at radius 3 is 1.89 bits per heavy atom. The van der Waals surface area contributed by atoms with E-state index in [-0.39, 0.29) is 24.4 Å². The summed E-state index contributed by atoms with van der Waals surface area (Å²) in [6.45, 7) is 10.4. The molecule has 1 N–H and O–H groups in total. The molecule has 0 unspecified atom stereocenters. The third kappa shape index (κ3) is 5.40. The fourth-order valence-corrected chi connectivity index (χ4v) is 3.08. The van der Waals surface area contributed by atoms with Crippen molar-refractivity contribution in [3.63, 3.8) is 0 Å². The van der Waals surface area contributed by atoms with Crippen LogP contribution in [0.15, 0.2) is 18.2 Å². The minimum Gasteiger partial charge on any atom is -0.459 e. The van der Waals surface area contributed by atoms with Gasteiger partial charge in [-0.25, -0.2) is 13.6 Å². The van der Waals surface area contributed by atoms with Crippen molar-refractivity contribution < 1.29 is 27.8 Å². The molecule has 1 aromatic carbocycles. The first-order chi connectivity index (χ1) is 12.2. The van der Waals surface area contributed by atoms with Crippen molar-refractivity contribution in [3.8, 4) is 0 Å². The number of halogens is 2. The van der Waals surface area contributed by atoms with Gasteiger partial charge in [-0.1, -0.05) is 0 Å². The summed E-state index contributed by atoms with van der Waals surface area (Å²) in [6, 6.07) is 2.66. The van der Waals surface area contributed by atoms with Gasteiger partial charge in [-0.2, -0.15) is 0 Å². The van der Waals surface area contributed by atoms with E-state index in [1.54, 1.807) is 41.5 Å². The zero-order valence-corrected chi connectivity index (χ0v) is 16.6. The van der Waals surface area contributed by atoms with E-state index in [9.17, 15) is 18.4 Å². The standard InChI is InChI=1S/C20H27F2NO4/c1-18(2,3)26-16(24)20(12-7-13(21)9-14(22)8-12)10-15(11-20)23-17(25)27-19(4,5)6/h7-9,15H,10-11H2,1-6H3,(H,23,25). The van der Waals surface area contributed by atoms with E-state index in [0.717, 1.165) is 18.2 Å². The van der Waals surface area contributed by atoms with Gasteiger partial charge in [0, 0.05) is 12.1 Å². The number of hydrogen-bond donors (Lipinski definition) is 1. The van der Waals surface area contributed by atoms with Gasteiger partial charge in [0.15, 0.2) is 0 Å². The van der Waals surface area contributed by atoms with E-state index in [0.29, 0.717) is 0 Å². The molecule has 1 aliphatic rings. The summed E-state index contributed by atoms with van der Waals surface area (Å²) in [7, 11) is 0. The van der Waals surface area contributed by atoms with E-state index >= 15 is 0 Å². The van der Waals surface area contributed by atoms with Crippen molar-refractivity contribution in [2.45, 2.75) is 77.0 Å². The molecular formula is C20H27F2NO4. The van der Waals surface area contributed by atoms with Gasteiger partial charge in [0.2, 0.25) is 0 Å². The van der Waals surface area contributed by atoms with Crippen LogP contribution in [0.3, 0.4) is 0 Å². The molecule has 1 fully saturated rings. The van der Waals surface area contributed by atoms with Crippen LogP contribution in [0, 0.1) is 11.6 Å². The molecule has 1 aromatic rings. The molecule has 5 nitrogen and oxygen atoms in total. The molecular weight excluding hydrogens is 356 g/mol. The van der Waals surface area contributed by atoms with Crippen LogP contribution in [-0.2, 0) is 19.7 Å². The number of alkyl carbamates (subject to hydrolysis) is 1. The van der Waals surface area contributed by atoms with Gasteiger partial charge in [0.1, 0.15) is 22.8 Å². The first-order valence-corrected chi connectivity index (χ1v) is 8.90. The highest BCUT2D eigenvalue weighted by Crippen LogP contribution is 2.46. The first-order valence-electron chi connectivity index (χ1n) is 8.90. The normalized spacial score (nSPS) is 22.6. The summed E-state index contributed by atoms with van der Waals surface area (Å²) in [4.78, 5) is 24.8. The average molecular weight is 383 g/mol. The number of nitrogens with one attached hydrogen (secondary N) is 1. The minimum atomic E-state index is -1.21. The molecule has 0 heterocycles. The third-order valence-corrected chi connectivity index (χ3v) is 4.12. The van der Waals surface area contributed by atoms with E-state index in [1.165, 1.54) is 0 Å². The van der Waals surface area contributed by atoms with E-state index in [2.05, 4.69) is 5.32 Å². The molecule has 150 valence electrons. The number of rotatable bonds is 3. The number of amides is 1. The van der Waals surface area contributed by atoms with Crippen molar-refractivity contribution in [2.24, 2.45) is 0 Å². The van der Waals surface area contributed by atoms with E-state index in [4.69, 9.17) is 9.47 Å². The average Bonchev–Trinajstić information content (AvgIpc) is 2.36. The first kappa shape index (κ1) is 21.1. The lowest BCUT2D eigenvalue weighted by molar-refractivity contribution is -0.167. The summed E-state index contributed by atoms with van der Waals surface area (Å²) < 4.78 is 38.2. The van der Waals surface area contributed by atoms with Gasteiger partial charge in [-0.05, 0) is 72.1 Å². The van der Waals surface area contributed by atoms with Gasteiger partial charge >= 0.3 is 12.1 Å². The molecule has 0 aromatic heterocycles. The Labute approximate surface area is 158 Å². The molecule has 0 spiro atoms. The zero-order valence-electron chi connectivity index (χ0n) is 16.6. The number of ether oxygens (including phenoxy) is 2. The van der Waals surface area contributed by atoms with E-state index < -0.39 is 40.3 Å². The van der Waals surface area contributed by atoms with Crippen molar-refractivity contribution in [2.75, 3.05) is 0 Å². The van der Waals surface area contributed by atoms with E-state index in [1.807, 2.05) is 0 Å². The van der Waals surface area contributed by atoms with Crippen LogP contribution in [0.4, 0.5) is 13.6 Å². The maximum atomic E-state index is 13.7. The Kier molecular flexibility index (Phi) is 5.55. The Hall–Kier alpha value is -2.18. The van der Waals surface area contributed by atoms with Crippen molar-refractivity contribution in [1.29, 1.82) is 0 Å². The molecule has 0 saturated heterocycles. The molecule has 0 radical (unpaired) electrons. The Bertz CT molecular complexity index is 708. The maximum absolute atomic E-state index is 13.7. The Balaban J connectivity index is 2.22. The molecule has 27 heavy (non-hydrogen) atoms. The van der Waals surface area contributed by atoms with Crippen molar-refractivity contribution in [1.82, 2.24) is 5.32 Å². The Morgan fingerprint density at radius 2 is 1.44 bits per heavy atom. The maximum Gasteiger partial charge on any atom is 0.407 e. The molecule has 1 saturated carbocycles. The smallest absolute Gasteiger partial charge is 0.407 e. The fourth-order valence-electron chi connectivity index (χ4n) is 3.08. The highest BCUT2D eigenvalue weighted by molar-refractivity contribution is 5.85. The SMILES string of the molecule is CC(C)(C)OC(=O)NC1CC(C(=O)OC(C)(C)C)(c2cc(F)cc(F)c2)C1.